The van der Waals surface area contributed by atoms with E-state index in [0.29, 0.717) is 6.42 Å². The van der Waals surface area contributed by atoms with Crippen LogP contribution in [0, 0.1) is 0 Å². The lowest BCUT2D eigenvalue weighted by atomic mass is 10.0. The molecule has 0 radical (unpaired) electrons. The van der Waals surface area contributed by atoms with Gasteiger partial charge in [-0.1, -0.05) is 187 Å². The van der Waals surface area contributed by atoms with Crippen molar-refractivity contribution in [2.24, 2.45) is 0 Å². The number of aliphatic hydroxyl groups excluding tert-OH is 2. The van der Waals surface area contributed by atoms with E-state index < -0.39 is 40.0 Å². The summed E-state index contributed by atoms with van der Waals surface area (Å²) < 4.78 is 32.4. The number of carbonyl (C=O) groups is 1. The third-order valence-corrected chi connectivity index (χ3v) is 9.60. The van der Waals surface area contributed by atoms with E-state index in [2.05, 4.69) is 19.2 Å². The maximum atomic E-state index is 12.5. The third kappa shape index (κ3) is 31.4. The van der Waals surface area contributed by atoms with Crippen LogP contribution in [0.5, 0.6) is 0 Å². The molecule has 0 aliphatic rings. The highest BCUT2D eigenvalue weighted by Gasteiger charge is 2.27. The van der Waals surface area contributed by atoms with Crippen LogP contribution in [0.15, 0.2) is 12.2 Å². The molecule has 0 bridgehead atoms. The van der Waals surface area contributed by atoms with Crippen LogP contribution in [-0.4, -0.2) is 53.1 Å². The molecule has 4 N–H and O–H groups in total. The molecule has 0 rings (SSSR count). The van der Waals surface area contributed by atoms with Gasteiger partial charge >= 0.3 is 0 Å². The predicted octanol–water partition coefficient (Wildman–Crippen LogP) is 9.60. The molecule has 0 aromatic heterocycles. The van der Waals surface area contributed by atoms with Gasteiger partial charge < -0.3 is 15.5 Å². The lowest BCUT2D eigenvalue weighted by Crippen LogP contribution is -2.50. The maximum Gasteiger partial charge on any atom is 0.267 e. The zero-order chi connectivity index (χ0) is 33.4. The second kappa shape index (κ2) is 31.6. The van der Waals surface area contributed by atoms with Crippen LogP contribution < -0.4 is 5.32 Å². The van der Waals surface area contributed by atoms with Gasteiger partial charge in [-0.25, -0.2) is 0 Å². The molecule has 0 spiro atoms. The Morgan fingerprint density at radius 2 is 0.956 bits per heavy atom. The van der Waals surface area contributed by atoms with Crippen molar-refractivity contribution in [3.63, 3.8) is 0 Å². The normalized spacial score (nSPS) is 14.2. The summed E-state index contributed by atoms with van der Waals surface area (Å²) in [7, 11) is -4.43. The van der Waals surface area contributed by atoms with Gasteiger partial charge in [-0.3, -0.25) is 9.35 Å². The van der Waals surface area contributed by atoms with E-state index in [1.165, 1.54) is 134 Å². The van der Waals surface area contributed by atoms with Gasteiger partial charge in [0, 0.05) is 0 Å². The Kier molecular flexibility index (Phi) is 31.0. The minimum absolute atomic E-state index is 0.285. The second-order valence-corrected chi connectivity index (χ2v) is 14.9. The zero-order valence-corrected chi connectivity index (χ0v) is 30.2. The van der Waals surface area contributed by atoms with Crippen molar-refractivity contribution >= 4 is 16.0 Å². The molecule has 0 heterocycles. The molecule has 0 aliphatic carbocycles. The number of hydrogen-bond acceptors (Lipinski definition) is 5. The Labute approximate surface area is 278 Å². The van der Waals surface area contributed by atoms with Crippen molar-refractivity contribution in [1.82, 2.24) is 5.32 Å². The molecule has 1 amide bonds. The van der Waals surface area contributed by atoms with E-state index in [1.54, 1.807) is 6.08 Å². The third-order valence-electron chi connectivity index (χ3n) is 8.82. The molecule has 0 aromatic rings. The predicted molar refractivity (Wildman–Crippen MR) is 190 cm³/mol. The highest BCUT2D eigenvalue weighted by atomic mass is 32.2. The standard InChI is InChI=1S/C37H73NO6S/c1-3-5-7-9-11-13-15-17-18-19-20-22-23-25-27-29-31-35(39)34(33-45(42,43)44)38-37(41)36(40)32-30-28-26-24-21-16-14-12-10-8-6-4-2/h29,31,34-36,39-40H,3-28,30,32-33H2,1-2H3,(H,38,41)(H,42,43,44)/b31-29+. The molecule has 0 aromatic carbocycles. The number of rotatable bonds is 34. The van der Waals surface area contributed by atoms with Crippen LogP contribution in [0.3, 0.4) is 0 Å². The number of unbranched alkanes of at least 4 members (excludes halogenated alkanes) is 25. The molecule has 0 saturated heterocycles. The van der Waals surface area contributed by atoms with Crippen molar-refractivity contribution in [3.8, 4) is 0 Å². The van der Waals surface area contributed by atoms with Crippen molar-refractivity contribution in [3.05, 3.63) is 12.2 Å². The summed E-state index contributed by atoms with van der Waals surface area (Å²) >= 11 is 0. The Balaban J connectivity index is 4.08. The first kappa shape index (κ1) is 44.0. The van der Waals surface area contributed by atoms with E-state index in [9.17, 15) is 28.0 Å². The minimum atomic E-state index is -4.43. The summed E-state index contributed by atoms with van der Waals surface area (Å²) in [5, 5.41) is 23.3. The molecular formula is C37H73NO6S. The molecule has 0 fully saturated rings. The highest BCUT2D eigenvalue weighted by Crippen LogP contribution is 2.15. The summed E-state index contributed by atoms with van der Waals surface area (Å²) in [4.78, 5) is 12.5. The van der Waals surface area contributed by atoms with E-state index >= 15 is 0 Å². The molecule has 268 valence electrons. The summed E-state index contributed by atoms with van der Waals surface area (Å²) in [6.07, 6.45) is 34.1. The van der Waals surface area contributed by atoms with Gasteiger partial charge in [0.1, 0.15) is 6.10 Å². The topological polar surface area (TPSA) is 124 Å². The largest absolute Gasteiger partial charge is 0.387 e. The summed E-state index contributed by atoms with van der Waals surface area (Å²) in [5.74, 6) is -1.53. The lowest BCUT2D eigenvalue weighted by molar-refractivity contribution is -0.130. The maximum absolute atomic E-state index is 12.5. The van der Waals surface area contributed by atoms with Crippen LogP contribution >= 0.6 is 0 Å². The second-order valence-electron chi connectivity index (χ2n) is 13.4. The molecule has 7 nitrogen and oxygen atoms in total. The van der Waals surface area contributed by atoms with Gasteiger partial charge in [0.15, 0.2) is 0 Å². The van der Waals surface area contributed by atoms with Gasteiger partial charge in [-0.2, -0.15) is 8.42 Å². The van der Waals surface area contributed by atoms with E-state index in [-0.39, 0.29) is 6.42 Å². The molecule has 45 heavy (non-hydrogen) atoms. The van der Waals surface area contributed by atoms with Gasteiger partial charge in [-0.05, 0) is 19.3 Å². The van der Waals surface area contributed by atoms with Gasteiger partial charge in [-0.15, -0.1) is 0 Å². The summed E-state index contributed by atoms with van der Waals surface area (Å²) in [6.45, 7) is 4.49. The summed E-state index contributed by atoms with van der Waals surface area (Å²) in [5.41, 5.74) is 0. The van der Waals surface area contributed by atoms with Crippen LogP contribution in [-0.2, 0) is 14.9 Å². The fraction of sp³-hybridized carbons (Fsp3) is 0.919. The van der Waals surface area contributed by atoms with E-state index in [1.807, 2.05) is 0 Å². The Morgan fingerprint density at radius 1 is 0.600 bits per heavy atom. The minimum Gasteiger partial charge on any atom is -0.387 e. The van der Waals surface area contributed by atoms with Crippen LogP contribution in [0.1, 0.15) is 194 Å². The first-order chi connectivity index (χ1) is 21.7. The van der Waals surface area contributed by atoms with Crippen LogP contribution in [0.4, 0.5) is 0 Å². The fourth-order valence-corrected chi connectivity index (χ4v) is 6.60. The number of nitrogens with one attached hydrogen (secondary N) is 1. The van der Waals surface area contributed by atoms with Crippen molar-refractivity contribution in [2.75, 3.05) is 5.75 Å². The summed E-state index contributed by atoms with van der Waals surface area (Å²) in [6, 6.07) is -1.23. The monoisotopic (exact) mass is 660 g/mol. The van der Waals surface area contributed by atoms with Crippen molar-refractivity contribution < 1.29 is 28.0 Å². The molecule has 8 heteroatoms. The first-order valence-corrected chi connectivity index (χ1v) is 20.6. The van der Waals surface area contributed by atoms with Crippen molar-refractivity contribution in [2.45, 2.75) is 212 Å². The van der Waals surface area contributed by atoms with Gasteiger partial charge in [0.2, 0.25) is 5.91 Å². The molecule has 3 atom stereocenters. The average molecular weight is 660 g/mol. The van der Waals surface area contributed by atoms with E-state index in [4.69, 9.17) is 0 Å². The number of carbonyl (C=O) groups excluding carboxylic acids is 1. The molecular weight excluding hydrogens is 586 g/mol. The smallest absolute Gasteiger partial charge is 0.267 e. The fourth-order valence-electron chi connectivity index (χ4n) is 5.87. The Hall–Kier alpha value is -0.960. The molecule has 0 saturated carbocycles. The number of amides is 1. The van der Waals surface area contributed by atoms with Gasteiger partial charge in [0.05, 0.1) is 17.9 Å². The Bertz CT molecular complexity index is 788. The number of hydrogen-bond donors (Lipinski definition) is 4. The van der Waals surface area contributed by atoms with Crippen LogP contribution in [0.2, 0.25) is 0 Å². The number of aliphatic hydroxyl groups is 2. The number of allylic oxidation sites excluding steroid dienone is 1. The zero-order valence-electron chi connectivity index (χ0n) is 29.4. The first-order valence-electron chi connectivity index (χ1n) is 19.0. The van der Waals surface area contributed by atoms with E-state index in [0.717, 1.165) is 38.5 Å². The van der Waals surface area contributed by atoms with Crippen LogP contribution in [0.25, 0.3) is 0 Å². The molecule has 0 aliphatic heterocycles. The van der Waals surface area contributed by atoms with Gasteiger partial charge in [0.25, 0.3) is 10.1 Å². The quantitative estimate of drug-likeness (QED) is 0.0310. The van der Waals surface area contributed by atoms with Crippen molar-refractivity contribution in [1.29, 1.82) is 0 Å². The SMILES string of the molecule is CCCCCCCCCCCCCCCC/C=C/C(O)C(CS(=O)(=O)O)NC(=O)C(O)CCCCCCCCCCCCCC. The lowest BCUT2D eigenvalue weighted by Gasteiger charge is -2.22. The highest BCUT2D eigenvalue weighted by molar-refractivity contribution is 7.85. The molecule has 3 unspecified atom stereocenters. The average Bonchev–Trinajstić information content (AvgIpc) is 3.00. The Morgan fingerprint density at radius 3 is 1.33 bits per heavy atom.